The molecule has 1 aromatic carbocycles. The Balaban J connectivity index is 1.67. The fourth-order valence-electron chi connectivity index (χ4n) is 3.78. The van der Waals surface area contributed by atoms with E-state index in [-0.39, 0.29) is 19.0 Å². The predicted molar refractivity (Wildman–Crippen MR) is 104 cm³/mol. The van der Waals surface area contributed by atoms with Gasteiger partial charge in [-0.2, -0.15) is 26.3 Å². The molecule has 0 saturated carbocycles. The number of amides is 1. The number of halogens is 6. The fourth-order valence-corrected chi connectivity index (χ4v) is 3.78. The van der Waals surface area contributed by atoms with E-state index in [2.05, 4.69) is 4.98 Å². The summed E-state index contributed by atoms with van der Waals surface area (Å²) in [5.74, 6) is -0.986. The van der Waals surface area contributed by atoms with Gasteiger partial charge >= 0.3 is 12.4 Å². The first-order valence-electron chi connectivity index (χ1n) is 9.63. The number of carbonyl (C=O) groups is 1. The maximum absolute atomic E-state index is 13.2. The molecule has 3 aromatic rings. The molecule has 5 nitrogen and oxygen atoms in total. The Morgan fingerprint density at radius 1 is 1.09 bits per heavy atom. The number of carbonyl (C=O) groups excluding carboxylic acids is 1. The van der Waals surface area contributed by atoms with E-state index in [1.165, 1.54) is 23.1 Å². The van der Waals surface area contributed by atoms with Crippen molar-refractivity contribution >= 4 is 28.4 Å². The monoisotopic (exact) mass is 457 g/mol. The summed E-state index contributed by atoms with van der Waals surface area (Å²) in [4.78, 5) is 19.1. The highest BCUT2D eigenvalue weighted by atomic mass is 19.4. The highest BCUT2D eigenvalue weighted by Crippen LogP contribution is 2.38. The summed E-state index contributed by atoms with van der Waals surface area (Å²) < 4.78 is 84.6. The molecule has 1 amide bonds. The molecule has 11 heteroatoms. The molecule has 1 aliphatic heterocycles. The number of nitrogens with zero attached hydrogens (tertiary/aromatic N) is 3. The third-order valence-electron chi connectivity index (χ3n) is 5.42. The summed E-state index contributed by atoms with van der Waals surface area (Å²) in [5, 5.41) is 0.750. The molecule has 32 heavy (non-hydrogen) atoms. The summed E-state index contributed by atoms with van der Waals surface area (Å²) in [6.45, 7) is 0.108. The molecule has 4 rings (SSSR count). The van der Waals surface area contributed by atoms with Gasteiger partial charge in [0, 0.05) is 24.7 Å². The summed E-state index contributed by atoms with van der Waals surface area (Å²) >= 11 is 0. The van der Waals surface area contributed by atoms with E-state index in [4.69, 9.17) is 4.42 Å². The lowest BCUT2D eigenvalue weighted by atomic mass is 10.1. The maximum Gasteiger partial charge on any atom is 0.433 e. The van der Waals surface area contributed by atoms with Crippen LogP contribution in [0.25, 0.3) is 11.0 Å². The van der Waals surface area contributed by atoms with Gasteiger partial charge in [-0.15, -0.1) is 0 Å². The second-order valence-corrected chi connectivity index (χ2v) is 7.49. The van der Waals surface area contributed by atoms with E-state index in [1.807, 2.05) is 0 Å². The van der Waals surface area contributed by atoms with E-state index in [1.54, 1.807) is 24.3 Å². The van der Waals surface area contributed by atoms with E-state index in [9.17, 15) is 31.1 Å². The van der Waals surface area contributed by atoms with Crippen LogP contribution in [-0.2, 0) is 17.1 Å². The first-order chi connectivity index (χ1) is 14.9. The zero-order valence-electron chi connectivity index (χ0n) is 16.7. The SMILES string of the molecule is CN(C(=O)[C@@H]1CCCN1c1cc(C(F)(F)F)cc(C(F)(F)F)n1)c1ccc2occc2c1. The standard InChI is InChI=1S/C21H17F6N3O2/c1-29(14-4-5-16-12(9-14)6-8-32-16)19(31)15-3-2-7-30(15)18-11-13(20(22,23)24)10-17(28-18)21(25,26)27/h4-6,8-11,15H,2-3,7H2,1H3/t15-/m0/s1. The molecule has 0 unspecified atom stereocenters. The minimum Gasteiger partial charge on any atom is -0.464 e. The van der Waals surface area contributed by atoms with E-state index in [0.29, 0.717) is 23.8 Å². The quantitative estimate of drug-likeness (QED) is 0.488. The lowest BCUT2D eigenvalue weighted by Crippen LogP contribution is -2.45. The Kier molecular flexibility index (Phi) is 5.30. The van der Waals surface area contributed by atoms with Crippen molar-refractivity contribution in [3.05, 3.63) is 53.9 Å². The van der Waals surface area contributed by atoms with Crippen LogP contribution in [0.15, 0.2) is 47.1 Å². The molecule has 0 aliphatic carbocycles. The molecule has 170 valence electrons. The highest BCUT2D eigenvalue weighted by Gasteiger charge is 2.41. The molecule has 0 N–H and O–H groups in total. The molecule has 1 atom stereocenters. The summed E-state index contributed by atoms with van der Waals surface area (Å²) in [7, 11) is 1.50. The molecule has 1 saturated heterocycles. The Hall–Kier alpha value is -3.24. The number of hydrogen-bond donors (Lipinski definition) is 0. The smallest absolute Gasteiger partial charge is 0.433 e. The fraction of sp³-hybridized carbons (Fsp3) is 0.333. The van der Waals surface area contributed by atoms with Crippen LogP contribution in [0.5, 0.6) is 0 Å². The molecular formula is C21H17F6N3O2. The summed E-state index contributed by atoms with van der Waals surface area (Å²) in [5.41, 5.74) is -1.99. The van der Waals surface area contributed by atoms with Gasteiger partial charge in [-0.1, -0.05) is 0 Å². The van der Waals surface area contributed by atoms with Gasteiger partial charge in [0.25, 0.3) is 0 Å². The van der Waals surface area contributed by atoms with Gasteiger partial charge in [0.1, 0.15) is 23.1 Å². The number of alkyl halides is 6. The molecule has 0 spiro atoms. The van der Waals surface area contributed by atoms with Crippen LogP contribution < -0.4 is 9.80 Å². The second kappa shape index (κ2) is 7.72. The van der Waals surface area contributed by atoms with Gasteiger partial charge in [-0.3, -0.25) is 4.79 Å². The predicted octanol–water partition coefficient (Wildman–Crippen LogP) is 5.50. The van der Waals surface area contributed by atoms with Crippen molar-refractivity contribution in [3.8, 4) is 0 Å². The number of hydrogen-bond acceptors (Lipinski definition) is 4. The summed E-state index contributed by atoms with van der Waals surface area (Å²) in [6, 6.07) is 6.32. The van der Waals surface area contributed by atoms with Gasteiger partial charge in [0.2, 0.25) is 5.91 Å². The zero-order chi connectivity index (χ0) is 23.3. The minimum atomic E-state index is -5.06. The van der Waals surface area contributed by atoms with Crippen molar-refractivity contribution < 1.29 is 35.6 Å². The van der Waals surface area contributed by atoms with Crippen LogP contribution >= 0.6 is 0 Å². The van der Waals surface area contributed by atoms with E-state index >= 15 is 0 Å². The molecule has 1 aliphatic rings. The van der Waals surface area contributed by atoms with Crippen LogP contribution in [0.4, 0.5) is 37.8 Å². The average Bonchev–Trinajstić information content (AvgIpc) is 3.39. The van der Waals surface area contributed by atoms with Crippen molar-refractivity contribution in [1.29, 1.82) is 0 Å². The van der Waals surface area contributed by atoms with Crippen molar-refractivity contribution in [1.82, 2.24) is 4.98 Å². The van der Waals surface area contributed by atoms with Gasteiger partial charge in [0.05, 0.1) is 11.8 Å². The first kappa shape index (κ1) is 22.0. The molecule has 0 radical (unpaired) electrons. The van der Waals surface area contributed by atoms with Crippen LogP contribution in [0.3, 0.4) is 0 Å². The normalized spacial score (nSPS) is 17.2. The summed E-state index contributed by atoms with van der Waals surface area (Å²) in [6.07, 6.45) is -7.87. The first-order valence-corrected chi connectivity index (χ1v) is 9.63. The van der Waals surface area contributed by atoms with Crippen LogP contribution in [-0.4, -0.2) is 30.5 Å². The number of benzene rings is 1. The topological polar surface area (TPSA) is 49.6 Å². The minimum absolute atomic E-state index is 0.0251. The van der Waals surface area contributed by atoms with Crippen molar-refractivity contribution in [2.45, 2.75) is 31.2 Å². The zero-order valence-corrected chi connectivity index (χ0v) is 16.7. The number of pyridine rings is 1. The van der Waals surface area contributed by atoms with Crippen molar-refractivity contribution in [3.63, 3.8) is 0 Å². The number of furan rings is 1. The third-order valence-corrected chi connectivity index (χ3v) is 5.42. The van der Waals surface area contributed by atoms with Crippen molar-refractivity contribution in [2.24, 2.45) is 0 Å². The van der Waals surface area contributed by atoms with Crippen LogP contribution in [0, 0.1) is 0 Å². The van der Waals surface area contributed by atoms with Gasteiger partial charge in [-0.05, 0) is 49.2 Å². The molecule has 0 bridgehead atoms. The third kappa shape index (κ3) is 4.11. The molecule has 2 aromatic heterocycles. The van der Waals surface area contributed by atoms with Crippen LogP contribution in [0.2, 0.25) is 0 Å². The Bertz CT molecular complexity index is 1120. The van der Waals surface area contributed by atoms with Gasteiger partial charge < -0.3 is 14.2 Å². The number of anilines is 2. The highest BCUT2D eigenvalue weighted by molar-refractivity contribution is 6.00. The molecular weight excluding hydrogens is 440 g/mol. The maximum atomic E-state index is 13.2. The van der Waals surface area contributed by atoms with Gasteiger partial charge in [0.15, 0.2) is 0 Å². The molecule has 1 fully saturated rings. The number of rotatable bonds is 3. The number of aromatic nitrogens is 1. The second-order valence-electron chi connectivity index (χ2n) is 7.49. The Morgan fingerprint density at radius 2 is 1.84 bits per heavy atom. The Labute approximate surface area is 178 Å². The number of fused-ring (bicyclic) bond motifs is 1. The molecule has 3 heterocycles. The largest absolute Gasteiger partial charge is 0.464 e. The van der Waals surface area contributed by atoms with Crippen molar-refractivity contribution in [2.75, 3.05) is 23.4 Å². The van der Waals surface area contributed by atoms with Crippen LogP contribution in [0.1, 0.15) is 24.1 Å². The Morgan fingerprint density at radius 3 is 2.53 bits per heavy atom. The lowest BCUT2D eigenvalue weighted by molar-refractivity contribution is -0.145. The van der Waals surface area contributed by atoms with Gasteiger partial charge in [-0.25, -0.2) is 4.98 Å². The van der Waals surface area contributed by atoms with E-state index < -0.39 is 41.4 Å². The average molecular weight is 457 g/mol. The lowest BCUT2D eigenvalue weighted by Gasteiger charge is -2.29. The number of likely N-dealkylation sites (N-methyl/N-ethyl adjacent to an activating group) is 1. The van der Waals surface area contributed by atoms with E-state index in [0.717, 1.165) is 5.39 Å².